The highest BCUT2D eigenvalue weighted by molar-refractivity contribution is 9.11. The Hall–Kier alpha value is -1.14. The van der Waals surface area contributed by atoms with Crippen LogP contribution >= 0.6 is 27.3 Å². The molecule has 6 heteroatoms. The van der Waals surface area contributed by atoms with E-state index in [1.54, 1.807) is 11.3 Å². The molecule has 2 aromatic rings. The van der Waals surface area contributed by atoms with E-state index in [0.717, 1.165) is 26.6 Å². The number of carboxylic acids is 1. The minimum atomic E-state index is -0.708. The third-order valence-electron chi connectivity index (χ3n) is 3.26. The van der Waals surface area contributed by atoms with Crippen LogP contribution in [0.5, 0.6) is 0 Å². The minimum absolute atomic E-state index is 0.281. The summed E-state index contributed by atoms with van der Waals surface area (Å²) < 4.78 is 3.13. The fraction of sp³-hybridized carbons (Fsp3) is 0.333. The smallest absolute Gasteiger partial charge is 0.306 e. The van der Waals surface area contributed by atoms with E-state index in [9.17, 15) is 4.79 Å². The van der Waals surface area contributed by atoms with Crippen molar-refractivity contribution in [2.45, 2.75) is 19.4 Å². The molecule has 18 heavy (non-hydrogen) atoms. The third kappa shape index (κ3) is 1.99. The van der Waals surface area contributed by atoms with Gasteiger partial charge in [-0.25, -0.2) is 4.98 Å². The monoisotopic (exact) mass is 326 g/mol. The van der Waals surface area contributed by atoms with Gasteiger partial charge in [0.05, 0.1) is 20.9 Å². The summed E-state index contributed by atoms with van der Waals surface area (Å²) in [6.45, 7) is 0.742. The first kappa shape index (κ1) is 11.9. The van der Waals surface area contributed by atoms with Gasteiger partial charge < -0.3 is 9.67 Å². The lowest BCUT2D eigenvalue weighted by Crippen LogP contribution is -2.25. The first-order valence-corrected chi connectivity index (χ1v) is 7.28. The molecular weight excluding hydrogens is 316 g/mol. The van der Waals surface area contributed by atoms with Crippen LogP contribution < -0.4 is 0 Å². The number of aromatic nitrogens is 2. The molecule has 0 fully saturated rings. The Morgan fingerprint density at radius 2 is 2.39 bits per heavy atom. The van der Waals surface area contributed by atoms with Crippen LogP contribution in [0.1, 0.15) is 12.1 Å². The Morgan fingerprint density at radius 1 is 1.56 bits per heavy atom. The molecule has 0 aromatic carbocycles. The van der Waals surface area contributed by atoms with Crippen molar-refractivity contribution >= 4 is 33.2 Å². The van der Waals surface area contributed by atoms with E-state index in [4.69, 9.17) is 5.11 Å². The molecule has 1 aliphatic heterocycles. The van der Waals surface area contributed by atoms with E-state index in [1.807, 2.05) is 18.5 Å². The van der Waals surface area contributed by atoms with Crippen molar-refractivity contribution in [2.24, 2.45) is 5.92 Å². The van der Waals surface area contributed by atoms with Gasteiger partial charge in [0.2, 0.25) is 0 Å². The van der Waals surface area contributed by atoms with Gasteiger partial charge in [-0.3, -0.25) is 4.79 Å². The van der Waals surface area contributed by atoms with Gasteiger partial charge in [-0.1, -0.05) is 0 Å². The van der Waals surface area contributed by atoms with Gasteiger partial charge in [0.1, 0.15) is 5.69 Å². The summed E-state index contributed by atoms with van der Waals surface area (Å²) in [5, 5.41) is 9.13. The maximum absolute atomic E-state index is 11.1. The third-order valence-corrected chi connectivity index (χ3v) is 4.89. The number of carbonyl (C=O) groups is 1. The highest BCUT2D eigenvalue weighted by Gasteiger charge is 2.27. The van der Waals surface area contributed by atoms with Crippen molar-refractivity contribution in [1.29, 1.82) is 0 Å². The Bertz CT molecular complexity index is 605. The van der Waals surface area contributed by atoms with E-state index in [1.165, 1.54) is 0 Å². The molecule has 0 bridgehead atoms. The number of hydrogen-bond donors (Lipinski definition) is 1. The van der Waals surface area contributed by atoms with Crippen molar-refractivity contribution in [2.75, 3.05) is 0 Å². The molecule has 1 aliphatic rings. The van der Waals surface area contributed by atoms with E-state index in [-0.39, 0.29) is 5.92 Å². The number of rotatable bonds is 2. The molecule has 0 aliphatic carbocycles. The molecule has 0 radical (unpaired) electrons. The number of aliphatic carboxylic acids is 1. The maximum Gasteiger partial charge on any atom is 0.306 e. The molecule has 3 heterocycles. The number of nitrogens with zero attached hydrogens (tertiary/aromatic N) is 2. The van der Waals surface area contributed by atoms with Gasteiger partial charge in [0.25, 0.3) is 0 Å². The predicted molar refractivity (Wildman–Crippen MR) is 72.7 cm³/mol. The summed E-state index contributed by atoms with van der Waals surface area (Å²) in [7, 11) is 0. The predicted octanol–water partition coefficient (Wildman–Crippen LogP) is 3.02. The summed E-state index contributed by atoms with van der Waals surface area (Å²) in [6, 6.07) is 4.01. The van der Waals surface area contributed by atoms with Gasteiger partial charge in [0, 0.05) is 18.7 Å². The largest absolute Gasteiger partial charge is 0.481 e. The Kier molecular flexibility index (Phi) is 2.99. The van der Waals surface area contributed by atoms with Gasteiger partial charge >= 0.3 is 5.97 Å². The average molecular weight is 327 g/mol. The minimum Gasteiger partial charge on any atom is -0.481 e. The van der Waals surface area contributed by atoms with Gasteiger partial charge in [-0.15, -0.1) is 11.3 Å². The Labute approximate surface area is 116 Å². The molecule has 0 saturated carbocycles. The van der Waals surface area contributed by atoms with Gasteiger partial charge in [0.15, 0.2) is 0 Å². The number of hydrogen-bond acceptors (Lipinski definition) is 3. The van der Waals surface area contributed by atoms with Crippen LogP contribution in [0.2, 0.25) is 0 Å². The molecule has 94 valence electrons. The molecule has 0 amide bonds. The second kappa shape index (κ2) is 4.51. The quantitative estimate of drug-likeness (QED) is 0.922. The van der Waals surface area contributed by atoms with Crippen LogP contribution in [-0.2, 0) is 17.8 Å². The van der Waals surface area contributed by atoms with Crippen LogP contribution in [0.4, 0.5) is 0 Å². The molecule has 1 unspecified atom stereocenters. The summed E-state index contributed by atoms with van der Waals surface area (Å²) >= 11 is 5.06. The second-order valence-electron chi connectivity index (χ2n) is 4.36. The molecule has 1 N–H and O–H groups in total. The molecule has 0 saturated heterocycles. The van der Waals surface area contributed by atoms with Crippen LogP contribution in [0, 0.1) is 5.92 Å². The highest BCUT2D eigenvalue weighted by atomic mass is 79.9. The van der Waals surface area contributed by atoms with Crippen molar-refractivity contribution in [3.63, 3.8) is 0 Å². The van der Waals surface area contributed by atoms with Crippen molar-refractivity contribution in [1.82, 2.24) is 9.55 Å². The molecule has 0 spiro atoms. The van der Waals surface area contributed by atoms with Crippen molar-refractivity contribution in [3.05, 3.63) is 27.9 Å². The fourth-order valence-electron chi connectivity index (χ4n) is 2.30. The number of fused-ring (bicyclic) bond motifs is 1. The Balaban J connectivity index is 1.99. The van der Waals surface area contributed by atoms with Crippen molar-refractivity contribution in [3.8, 4) is 10.6 Å². The summed E-state index contributed by atoms with van der Waals surface area (Å²) in [4.78, 5) is 16.6. The lowest BCUT2D eigenvalue weighted by atomic mass is 9.95. The number of carboxylic acid groups (broad SMARTS) is 1. The van der Waals surface area contributed by atoms with Crippen LogP contribution in [0.25, 0.3) is 10.6 Å². The van der Waals surface area contributed by atoms with Gasteiger partial charge in [-0.05, 0) is 34.5 Å². The zero-order chi connectivity index (χ0) is 12.7. The van der Waals surface area contributed by atoms with E-state index in [2.05, 4.69) is 25.5 Å². The Morgan fingerprint density at radius 3 is 3.06 bits per heavy atom. The molecule has 1 atom stereocenters. The number of aryl methyl sites for hydroxylation is 1. The summed E-state index contributed by atoms with van der Waals surface area (Å²) in [5.41, 5.74) is 1.97. The number of halogens is 1. The van der Waals surface area contributed by atoms with Gasteiger partial charge in [-0.2, -0.15) is 0 Å². The maximum atomic E-state index is 11.1. The summed E-state index contributed by atoms with van der Waals surface area (Å²) in [5.74, 6) is -0.989. The standard InChI is InChI=1S/C12H11BrN2O2S/c13-10-2-1-9(18-10)11-8-5-7(12(16)17)3-4-15(8)6-14-11/h1-2,6-7H,3-5H2,(H,16,17). The molecule has 2 aromatic heterocycles. The zero-order valence-electron chi connectivity index (χ0n) is 9.47. The molecule has 3 rings (SSSR count). The SMILES string of the molecule is O=C(O)C1CCn2cnc(-c3ccc(Br)s3)c2C1. The van der Waals surface area contributed by atoms with Crippen LogP contribution in [0.3, 0.4) is 0 Å². The second-order valence-corrected chi connectivity index (χ2v) is 6.83. The first-order valence-electron chi connectivity index (χ1n) is 5.67. The lowest BCUT2D eigenvalue weighted by Gasteiger charge is -2.21. The molecular formula is C12H11BrN2O2S. The lowest BCUT2D eigenvalue weighted by molar-refractivity contribution is -0.142. The first-order chi connectivity index (χ1) is 8.65. The zero-order valence-corrected chi connectivity index (χ0v) is 11.9. The normalized spacial score (nSPS) is 18.6. The average Bonchev–Trinajstić information content (AvgIpc) is 2.93. The van der Waals surface area contributed by atoms with Crippen molar-refractivity contribution < 1.29 is 9.90 Å². The highest BCUT2D eigenvalue weighted by Crippen LogP contribution is 2.35. The summed E-state index contributed by atoms with van der Waals surface area (Å²) in [6.07, 6.45) is 3.07. The van der Waals surface area contributed by atoms with E-state index >= 15 is 0 Å². The van der Waals surface area contributed by atoms with E-state index < -0.39 is 5.97 Å². The van der Waals surface area contributed by atoms with Crippen LogP contribution in [-0.4, -0.2) is 20.6 Å². The fourth-order valence-corrected chi connectivity index (χ4v) is 3.71. The number of imidazole rings is 1. The number of thiophene rings is 1. The topological polar surface area (TPSA) is 55.1 Å². The van der Waals surface area contributed by atoms with Crippen LogP contribution in [0.15, 0.2) is 22.2 Å². The molecule has 4 nitrogen and oxygen atoms in total. The van der Waals surface area contributed by atoms with E-state index in [0.29, 0.717) is 12.8 Å².